The fraction of sp³-hybridized carbons (Fsp3) is 0.350. The molecule has 1 saturated heterocycles. The summed E-state index contributed by atoms with van der Waals surface area (Å²) in [5.74, 6) is -0.328. The van der Waals surface area contributed by atoms with Gasteiger partial charge >= 0.3 is 0 Å². The number of hydrogen-bond acceptors (Lipinski definition) is 4. The number of hydrogen-bond donors (Lipinski definition) is 0. The summed E-state index contributed by atoms with van der Waals surface area (Å²) in [6.07, 6.45) is 5.97. The maximum absolute atomic E-state index is 13.2. The highest BCUT2D eigenvalue weighted by atomic mass is 79.9. The highest BCUT2D eigenvalue weighted by Gasteiger charge is 2.41. The minimum Gasteiger partial charge on any atom is -0.308 e. The molecule has 0 radical (unpaired) electrons. The Balaban J connectivity index is 2.00. The Bertz CT molecular complexity index is 850. The number of fused-ring (bicyclic) bond motifs is 1. The van der Waals surface area contributed by atoms with Crippen molar-refractivity contribution < 1.29 is 9.59 Å². The Morgan fingerprint density at radius 2 is 1.96 bits per heavy atom. The number of halogens is 1. The molecular formula is C20H21BrN2O2S2. The number of thiocarbonyl (C=S) groups is 1. The second-order valence-electron chi connectivity index (χ2n) is 6.46. The van der Waals surface area contributed by atoms with E-state index < -0.39 is 0 Å². The van der Waals surface area contributed by atoms with Crippen molar-refractivity contribution >= 4 is 67.3 Å². The van der Waals surface area contributed by atoms with Crippen LogP contribution in [0.25, 0.3) is 5.57 Å². The van der Waals surface area contributed by atoms with Crippen LogP contribution in [0.2, 0.25) is 0 Å². The molecule has 0 aromatic heterocycles. The van der Waals surface area contributed by atoms with Crippen molar-refractivity contribution in [1.29, 1.82) is 0 Å². The van der Waals surface area contributed by atoms with Crippen LogP contribution in [0.1, 0.15) is 38.2 Å². The van der Waals surface area contributed by atoms with E-state index in [1.165, 1.54) is 16.7 Å². The number of carbonyl (C=O) groups is 2. The molecule has 2 heterocycles. The minimum absolute atomic E-state index is 0.112. The normalized spacial score (nSPS) is 19.3. The van der Waals surface area contributed by atoms with Crippen LogP contribution in [0.5, 0.6) is 0 Å². The fourth-order valence-corrected chi connectivity index (χ4v) is 4.99. The van der Waals surface area contributed by atoms with Gasteiger partial charge in [-0.05, 0) is 24.6 Å². The van der Waals surface area contributed by atoms with Crippen molar-refractivity contribution in [1.82, 2.24) is 4.90 Å². The van der Waals surface area contributed by atoms with Gasteiger partial charge in [0.1, 0.15) is 4.32 Å². The lowest BCUT2D eigenvalue weighted by Gasteiger charge is -2.17. The van der Waals surface area contributed by atoms with Crippen LogP contribution in [0.15, 0.2) is 40.2 Å². The number of rotatable bonds is 7. The van der Waals surface area contributed by atoms with Crippen LogP contribution in [-0.4, -0.2) is 34.1 Å². The number of anilines is 1. The molecule has 2 amide bonds. The summed E-state index contributed by atoms with van der Waals surface area (Å²) in [7, 11) is 0. The van der Waals surface area contributed by atoms with Gasteiger partial charge in [0, 0.05) is 23.1 Å². The lowest BCUT2D eigenvalue weighted by molar-refractivity contribution is -0.122. The van der Waals surface area contributed by atoms with E-state index >= 15 is 0 Å². The molecule has 2 aliphatic rings. The van der Waals surface area contributed by atoms with E-state index in [1.807, 2.05) is 18.2 Å². The van der Waals surface area contributed by atoms with Crippen molar-refractivity contribution in [2.75, 3.05) is 18.0 Å². The quantitative estimate of drug-likeness (QED) is 0.242. The molecule has 142 valence electrons. The molecule has 0 unspecified atom stereocenters. The summed E-state index contributed by atoms with van der Waals surface area (Å²) in [6.45, 7) is 6.85. The highest BCUT2D eigenvalue weighted by Crippen LogP contribution is 2.45. The molecule has 4 nitrogen and oxygen atoms in total. The zero-order valence-corrected chi connectivity index (χ0v) is 18.4. The number of amides is 2. The average Bonchev–Trinajstić information content (AvgIpc) is 3.06. The van der Waals surface area contributed by atoms with Gasteiger partial charge < -0.3 is 4.90 Å². The lowest BCUT2D eigenvalue weighted by Crippen LogP contribution is -2.30. The SMILES string of the molecule is C=CCN1C(=O)/C(=C2/C(=O)N(CCCCCC)c3ccc(Br)cc32)SC1=S. The molecule has 27 heavy (non-hydrogen) atoms. The van der Waals surface area contributed by atoms with Crippen molar-refractivity contribution in [3.63, 3.8) is 0 Å². The van der Waals surface area contributed by atoms with Crippen molar-refractivity contribution in [3.05, 3.63) is 45.8 Å². The predicted molar refractivity (Wildman–Crippen MR) is 120 cm³/mol. The van der Waals surface area contributed by atoms with Gasteiger partial charge in [-0.15, -0.1) is 6.58 Å². The first-order valence-electron chi connectivity index (χ1n) is 9.00. The number of thioether (sulfide) groups is 1. The molecule has 7 heteroatoms. The Morgan fingerprint density at radius 1 is 1.19 bits per heavy atom. The molecule has 3 rings (SSSR count). The van der Waals surface area contributed by atoms with E-state index in [1.54, 1.807) is 11.0 Å². The maximum atomic E-state index is 13.2. The third-order valence-corrected chi connectivity index (χ3v) is 6.54. The molecule has 1 fully saturated rings. The molecular weight excluding hydrogens is 444 g/mol. The zero-order valence-electron chi connectivity index (χ0n) is 15.2. The third kappa shape index (κ3) is 3.91. The zero-order chi connectivity index (χ0) is 19.6. The molecule has 0 bridgehead atoms. The molecule has 1 aromatic rings. The van der Waals surface area contributed by atoms with E-state index in [0.717, 1.165) is 41.4 Å². The predicted octanol–water partition coefficient (Wildman–Crippen LogP) is 5.13. The van der Waals surface area contributed by atoms with Crippen LogP contribution >= 0.6 is 39.9 Å². The van der Waals surface area contributed by atoms with E-state index in [4.69, 9.17) is 12.2 Å². The second kappa shape index (κ2) is 8.71. The van der Waals surface area contributed by atoms with Crippen molar-refractivity contribution in [2.24, 2.45) is 0 Å². The molecule has 0 atom stereocenters. The van der Waals surface area contributed by atoms with Gasteiger partial charge in [-0.2, -0.15) is 0 Å². The summed E-state index contributed by atoms with van der Waals surface area (Å²) in [4.78, 5) is 29.8. The smallest absolute Gasteiger partial charge is 0.267 e. The monoisotopic (exact) mass is 464 g/mol. The lowest BCUT2D eigenvalue weighted by atomic mass is 10.1. The van der Waals surface area contributed by atoms with Crippen molar-refractivity contribution in [3.8, 4) is 0 Å². The minimum atomic E-state index is -0.216. The number of benzene rings is 1. The van der Waals surface area contributed by atoms with E-state index in [9.17, 15) is 9.59 Å². The number of nitrogens with zero attached hydrogens (tertiary/aromatic N) is 2. The first-order chi connectivity index (χ1) is 13.0. The van der Waals surface area contributed by atoms with Gasteiger partial charge in [-0.3, -0.25) is 14.5 Å². The van der Waals surface area contributed by atoms with Crippen LogP contribution in [0.3, 0.4) is 0 Å². The summed E-state index contributed by atoms with van der Waals surface area (Å²) in [6, 6.07) is 5.78. The van der Waals surface area contributed by atoms with Gasteiger partial charge in [-0.1, -0.05) is 72.2 Å². The molecule has 2 aliphatic heterocycles. The molecule has 1 aromatic carbocycles. The Hall–Kier alpha value is -1.44. The van der Waals surface area contributed by atoms with Crippen LogP contribution in [0.4, 0.5) is 5.69 Å². The summed E-state index contributed by atoms with van der Waals surface area (Å²) >= 11 is 10.0. The van der Waals surface area contributed by atoms with Crippen LogP contribution in [-0.2, 0) is 9.59 Å². The molecule has 0 saturated carbocycles. The van der Waals surface area contributed by atoms with Gasteiger partial charge in [0.15, 0.2) is 0 Å². The van der Waals surface area contributed by atoms with Crippen molar-refractivity contribution in [2.45, 2.75) is 32.6 Å². The number of unbranched alkanes of at least 4 members (excludes halogenated alkanes) is 3. The molecule has 0 N–H and O–H groups in total. The van der Waals surface area contributed by atoms with Crippen LogP contribution in [0, 0.1) is 0 Å². The van der Waals surface area contributed by atoms with E-state index in [0.29, 0.717) is 27.9 Å². The van der Waals surface area contributed by atoms with Gasteiger partial charge in [0.05, 0.1) is 16.2 Å². The third-order valence-electron chi connectivity index (χ3n) is 4.60. The standard InChI is InChI=1S/C20H21BrN2O2S2/c1-3-5-6-7-11-22-15-9-8-13(21)12-14(15)16(18(22)24)17-19(25)23(10-4-2)20(26)27-17/h4,8-9,12H,2-3,5-7,10-11H2,1H3/b17-16-. The maximum Gasteiger partial charge on any atom is 0.267 e. The summed E-state index contributed by atoms with van der Waals surface area (Å²) < 4.78 is 1.34. The first-order valence-corrected chi connectivity index (χ1v) is 11.0. The van der Waals surface area contributed by atoms with Gasteiger partial charge in [0.25, 0.3) is 11.8 Å². The topological polar surface area (TPSA) is 40.6 Å². The summed E-state index contributed by atoms with van der Waals surface area (Å²) in [5.41, 5.74) is 2.12. The van der Waals surface area contributed by atoms with Crippen LogP contribution < -0.4 is 4.90 Å². The molecule has 0 aliphatic carbocycles. The Labute approximate surface area is 177 Å². The highest BCUT2D eigenvalue weighted by molar-refractivity contribution is 9.10. The Morgan fingerprint density at radius 3 is 2.67 bits per heavy atom. The second-order valence-corrected chi connectivity index (χ2v) is 9.02. The van der Waals surface area contributed by atoms with E-state index in [2.05, 4.69) is 29.4 Å². The molecule has 0 spiro atoms. The summed E-state index contributed by atoms with van der Waals surface area (Å²) in [5, 5.41) is 0. The van der Waals surface area contributed by atoms with Gasteiger partial charge in [0.2, 0.25) is 0 Å². The van der Waals surface area contributed by atoms with Gasteiger partial charge in [-0.25, -0.2) is 0 Å². The number of carbonyl (C=O) groups excluding carboxylic acids is 2. The largest absolute Gasteiger partial charge is 0.308 e. The van der Waals surface area contributed by atoms with E-state index in [-0.39, 0.29) is 11.8 Å². The Kier molecular flexibility index (Phi) is 6.55. The fourth-order valence-electron chi connectivity index (χ4n) is 3.28. The average molecular weight is 465 g/mol. The first kappa shape index (κ1) is 20.3.